The van der Waals surface area contributed by atoms with Crippen LogP contribution in [0, 0.1) is 22.7 Å². The van der Waals surface area contributed by atoms with Crippen molar-refractivity contribution < 1.29 is 23.9 Å². The first-order chi connectivity index (χ1) is 15.7. The third kappa shape index (κ3) is 4.53. The Morgan fingerprint density at radius 3 is 2.39 bits per heavy atom. The molecular formula is C20H16N8O4S. The second kappa shape index (κ2) is 9.25. The summed E-state index contributed by atoms with van der Waals surface area (Å²) >= 11 is 0.915. The Hall–Kier alpha value is -4.62. The SMILES string of the molecule is CC(Sc1nc(N)c(C#N)c(-c2c([O-])on[n+]2C)c1C#N)C(=O)Nc1ccc(C(N)=O)cc1. The molecule has 0 spiro atoms. The second-order valence-corrected chi connectivity index (χ2v) is 8.00. The molecule has 0 saturated carbocycles. The molecule has 0 radical (unpaired) electrons. The molecule has 12 nitrogen and oxygen atoms in total. The van der Waals surface area contributed by atoms with E-state index in [1.54, 1.807) is 6.92 Å². The van der Waals surface area contributed by atoms with Gasteiger partial charge in [0.1, 0.15) is 28.5 Å². The summed E-state index contributed by atoms with van der Waals surface area (Å²) < 4.78 is 5.70. The summed E-state index contributed by atoms with van der Waals surface area (Å²) in [6, 6.07) is 9.76. The highest BCUT2D eigenvalue weighted by atomic mass is 32.2. The number of amides is 2. The van der Waals surface area contributed by atoms with Crippen LogP contribution in [0.15, 0.2) is 33.8 Å². The van der Waals surface area contributed by atoms with Crippen molar-refractivity contribution in [1.29, 1.82) is 10.5 Å². The zero-order valence-electron chi connectivity index (χ0n) is 17.3. The summed E-state index contributed by atoms with van der Waals surface area (Å²) in [7, 11) is 1.41. The number of primary amides is 1. The van der Waals surface area contributed by atoms with Crippen LogP contribution in [-0.4, -0.2) is 27.3 Å². The number of nitriles is 2. The van der Waals surface area contributed by atoms with E-state index in [1.807, 2.05) is 12.1 Å². The highest BCUT2D eigenvalue weighted by Gasteiger charge is 2.30. The fraction of sp³-hybridized carbons (Fsp3) is 0.150. The standard InChI is InChI=1S/C20H16N8O4S/c1-9(18(30)25-11-5-3-10(4-6-11)17(24)29)33-19-13(8-22)14(12(7-21)16(23)26-19)15-20(31)32-27-28(15)2/h3-6,9H,1-2H3,(H5-,23,24,25,26,27,29,30,31). The van der Waals surface area contributed by atoms with Crippen LogP contribution in [0.4, 0.5) is 11.5 Å². The molecule has 0 aliphatic carbocycles. The zero-order chi connectivity index (χ0) is 24.3. The van der Waals surface area contributed by atoms with Gasteiger partial charge in [-0.25, -0.2) is 4.98 Å². The van der Waals surface area contributed by atoms with Crippen molar-refractivity contribution in [2.75, 3.05) is 11.1 Å². The number of pyridine rings is 1. The van der Waals surface area contributed by atoms with Crippen LogP contribution < -0.4 is 26.6 Å². The highest BCUT2D eigenvalue weighted by Crippen LogP contribution is 2.37. The largest absolute Gasteiger partial charge is 0.539 e. The van der Waals surface area contributed by atoms with E-state index in [0.29, 0.717) is 11.3 Å². The predicted molar refractivity (Wildman–Crippen MR) is 113 cm³/mol. The average Bonchev–Trinajstić information content (AvgIpc) is 3.11. The molecule has 33 heavy (non-hydrogen) atoms. The van der Waals surface area contributed by atoms with Gasteiger partial charge in [-0.2, -0.15) is 10.5 Å². The Bertz CT molecular complexity index is 1320. The minimum atomic E-state index is -0.864. The number of nitrogens with zero attached hydrogens (tertiary/aromatic N) is 5. The lowest BCUT2D eigenvalue weighted by molar-refractivity contribution is -0.730. The number of aromatic nitrogens is 3. The van der Waals surface area contributed by atoms with Crippen LogP contribution in [0.25, 0.3) is 11.3 Å². The summed E-state index contributed by atoms with van der Waals surface area (Å²) in [5, 5.41) is 37.0. The Kier molecular flexibility index (Phi) is 6.46. The molecule has 0 fully saturated rings. The van der Waals surface area contributed by atoms with Gasteiger partial charge in [-0.05, 0) is 31.2 Å². The summed E-state index contributed by atoms with van der Waals surface area (Å²) in [4.78, 5) is 27.9. The van der Waals surface area contributed by atoms with Gasteiger partial charge in [0.25, 0.3) is 5.69 Å². The van der Waals surface area contributed by atoms with Crippen LogP contribution in [-0.2, 0) is 11.8 Å². The van der Waals surface area contributed by atoms with Gasteiger partial charge >= 0.3 is 0 Å². The number of carbonyl (C=O) groups excluding carboxylic acids is 2. The first-order valence-electron chi connectivity index (χ1n) is 9.22. The second-order valence-electron chi connectivity index (χ2n) is 6.67. The Balaban J connectivity index is 1.95. The monoisotopic (exact) mass is 464 g/mol. The van der Waals surface area contributed by atoms with Gasteiger partial charge in [-0.15, -0.1) is 0 Å². The minimum absolute atomic E-state index is 0.0522. The first-order valence-corrected chi connectivity index (χ1v) is 10.1. The molecule has 13 heteroatoms. The van der Waals surface area contributed by atoms with Gasteiger partial charge in [0, 0.05) is 11.3 Å². The molecule has 1 aromatic carbocycles. The van der Waals surface area contributed by atoms with Crippen molar-refractivity contribution in [2.24, 2.45) is 12.8 Å². The van der Waals surface area contributed by atoms with E-state index in [1.165, 1.54) is 31.3 Å². The Labute approximate surface area is 191 Å². The van der Waals surface area contributed by atoms with E-state index >= 15 is 0 Å². The van der Waals surface area contributed by atoms with Crippen LogP contribution in [0.2, 0.25) is 0 Å². The molecule has 2 heterocycles. The third-order valence-electron chi connectivity index (χ3n) is 4.51. The van der Waals surface area contributed by atoms with E-state index in [2.05, 4.69) is 20.1 Å². The average molecular weight is 464 g/mol. The maximum Gasteiger partial charge on any atom is 0.266 e. The van der Waals surface area contributed by atoms with Gasteiger partial charge in [-0.3, -0.25) is 9.59 Å². The minimum Gasteiger partial charge on any atom is -0.539 e. The molecule has 5 N–H and O–H groups in total. The fourth-order valence-corrected chi connectivity index (χ4v) is 3.80. The highest BCUT2D eigenvalue weighted by molar-refractivity contribution is 8.00. The van der Waals surface area contributed by atoms with Gasteiger partial charge in [0.2, 0.25) is 11.8 Å². The van der Waals surface area contributed by atoms with E-state index in [4.69, 9.17) is 11.5 Å². The van der Waals surface area contributed by atoms with Crippen molar-refractivity contribution in [3.05, 3.63) is 41.0 Å². The van der Waals surface area contributed by atoms with Gasteiger partial charge in [0.15, 0.2) is 13.0 Å². The predicted octanol–water partition coefficient (Wildman–Crippen LogP) is 0.178. The molecule has 3 rings (SSSR count). The number of hydrogen-bond acceptors (Lipinski definition) is 10. The topological polar surface area (TPSA) is 212 Å². The molecule has 0 saturated heterocycles. The lowest BCUT2D eigenvalue weighted by Gasteiger charge is -2.15. The number of carbonyl (C=O) groups is 2. The van der Waals surface area contributed by atoms with E-state index in [0.717, 1.165) is 16.4 Å². The number of thioether (sulfide) groups is 1. The van der Waals surface area contributed by atoms with Crippen molar-refractivity contribution in [2.45, 2.75) is 17.2 Å². The van der Waals surface area contributed by atoms with Crippen LogP contribution >= 0.6 is 11.8 Å². The van der Waals surface area contributed by atoms with Gasteiger partial charge in [-0.1, -0.05) is 16.4 Å². The zero-order valence-corrected chi connectivity index (χ0v) is 18.1. The molecule has 3 aromatic rings. The number of hydrogen-bond donors (Lipinski definition) is 3. The van der Waals surface area contributed by atoms with E-state index in [9.17, 15) is 25.2 Å². The van der Waals surface area contributed by atoms with Crippen molar-refractivity contribution in [1.82, 2.24) is 10.3 Å². The van der Waals surface area contributed by atoms with Crippen LogP contribution in [0.3, 0.4) is 0 Å². The quantitative estimate of drug-likeness (QED) is 0.332. The number of nitrogens with two attached hydrogens (primary N) is 2. The normalized spacial score (nSPS) is 11.3. The smallest absolute Gasteiger partial charge is 0.266 e. The number of anilines is 2. The van der Waals surface area contributed by atoms with Crippen molar-refractivity contribution in [3.63, 3.8) is 0 Å². The summed E-state index contributed by atoms with van der Waals surface area (Å²) in [5.41, 5.74) is 11.3. The maximum atomic E-state index is 12.7. The summed E-state index contributed by atoms with van der Waals surface area (Å²) in [5.74, 6) is -2.10. The van der Waals surface area contributed by atoms with E-state index in [-0.39, 0.29) is 33.2 Å². The first kappa shape index (κ1) is 23.1. The Morgan fingerprint density at radius 2 is 1.88 bits per heavy atom. The fourth-order valence-electron chi connectivity index (χ4n) is 2.88. The molecule has 166 valence electrons. The molecule has 1 atom stereocenters. The maximum absolute atomic E-state index is 12.7. The number of aryl methyl sites for hydroxylation is 1. The van der Waals surface area contributed by atoms with Gasteiger partial charge in [0.05, 0.1) is 21.6 Å². The molecule has 2 amide bonds. The molecular weight excluding hydrogens is 448 g/mol. The molecule has 0 aliphatic rings. The lowest BCUT2D eigenvalue weighted by Crippen LogP contribution is -2.32. The van der Waals surface area contributed by atoms with Crippen molar-refractivity contribution >= 4 is 35.1 Å². The molecule has 2 aromatic heterocycles. The van der Waals surface area contributed by atoms with E-state index < -0.39 is 23.0 Å². The third-order valence-corrected chi connectivity index (χ3v) is 5.60. The summed E-state index contributed by atoms with van der Waals surface area (Å²) in [6.07, 6.45) is 0. The van der Waals surface area contributed by atoms with Crippen LogP contribution in [0.1, 0.15) is 28.4 Å². The molecule has 0 aliphatic heterocycles. The Morgan fingerprint density at radius 1 is 1.24 bits per heavy atom. The summed E-state index contributed by atoms with van der Waals surface area (Å²) in [6.45, 7) is 1.58. The number of nitrogens with one attached hydrogen (secondary N) is 1. The molecule has 1 unspecified atom stereocenters. The molecule has 0 bridgehead atoms. The number of rotatable bonds is 6. The number of benzene rings is 1. The van der Waals surface area contributed by atoms with Crippen molar-refractivity contribution in [3.8, 4) is 29.3 Å². The van der Waals surface area contributed by atoms with Gasteiger partial charge < -0.3 is 26.4 Å². The lowest BCUT2D eigenvalue weighted by atomic mass is 10.0. The number of nitrogen functional groups attached to an aromatic ring is 1. The van der Waals surface area contributed by atoms with Crippen LogP contribution in [0.5, 0.6) is 5.95 Å².